The molecule has 0 aliphatic rings. The van der Waals surface area contributed by atoms with E-state index in [4.69, 9.17) is 5.73 Å². The molecule has 0 bridgehead atoms. The minimum Gasteiger partial charge on any atom is -0.383 e. The summed E-state index contributed by atoms with van der Waals surface area (Å²) < 4.78 is 15.9. The zero-order valence-corrected chi connectivity index (χ0v) is 12.1. The molecule has 1 heterocycles. The van der Waals surface area contributed by atoms with Crippen molar-refractivity contribution in [1.82, 2.24) is 9.55 Å². The fourth-order valence-electron chi connectivity index (χ4n) is 2.41. The largest absolute Gasteiger partial charge is 0.383 e. The van der Waals surface area contributed by atoms with Gasteiger partial charge in [0.15, 0.2) is 0 Å². The number of hydrogen-bond donors (Lipinski definition) is 1. The molecule has 4 heteroatoms. The summed E-state index contributed by atoms with van der Waals surface area (Å²) in [6.45, 7) is 9.96. The molecule has 1 aromatic heterocycles. The number of nitrogens with zero attached hydrogens (tertiary/aromatic N) is 2. The molecule has 0 amide bonds. The van der Waals surface area contributed by atoms with Gasteiger partial charge >= 0.3 is 0 Å². The van der Waals surface area contributed by atoms with Gasteiger partial charge < -0.3 is 10.3 Å². The van der Waals surface area contributed by atoms with Crippen LogP contribution in [0.1, 0.15) is 32.2 Å². The van der Waals surface area contributed by atoms with Gasteiger partial charge in [-0.15, -0.1) is 0 Å². The maximum Gasteiger partial charge on any atom is 0.132 e. The number of aromatic nitrogens is 2. The van der Waals surface area contributed by atoms with Crippen LogP contribution >= 0.6 is 0 Å². The molecule has 0 radical (unpaired) electrons. The van der Waals surface area contributed by atoms with Gasteiger partial charge in [0.2, 0.25) is 0 Å². The minimum atomic E-state index is -0.296. The third kappa shape index (κ3) is 2.35. The Bertz CT molecular complexity index is 621. The van der Waals surface area contributed by atoms with E-state index in [2.05, 4.69) is 25.8 Å². The monoisotopic (exact) mass is 261 g/mol. The molecule has 0 atom stereocenters. The zero-order chi connectivity index (χ0) is 14.4. The molecule has 19 heavy (non-hydrogen) atoms. The Balaban J connectivity index is 2.68. The third-order valence-corrected chi connectivity index (χ3v) is 3.13. The van der Waals surface area contributed by atoms with Gasteiger partial charge in [0.25, 0.3) is 0 Å². The van der Waals surface area contributed by atoms with Crippen LogP contribution in [0.15, 0.2) is 18.2 Å². The second kappa shape index (κ2) is 4.37. The lowest BCUT2D eigenvalue weighted by Crippen LogP contribution is -2.24. The van der Waals surface area contributed by atoms with Gasteiger partial charge in [0.05, 0.1) is 0 Å². The number of anilines is 1. The highest BCUT2D eigenvalue weighted by atomic mass is 19.1. The molecular formula is C15H20FN3. The van der Waals surface area contributed by atoms with Crippen molar-refractivity contribution in [2.45, 2.75) is 40.2 Å². The van der Waals surface area contributed by atoms with Crippen LogP contribution in [0.3, 0.4) is 0 Å². The first-order valence-corrected chi connectivity index (χ1v) is 6.33. The SMILES string of the molecule is Cc1ccc(F)c(-c2nc(C)n(C(C)(C)C)c2N)c1. The van der Waals surface area contributed by atoms with E-state index in [0.717, 1.165) is 11.4 Å². The van der Waals surface area contributed by atoms with Crippen molar-refractivity contribution in [2.24, 2.45) is 0 Å². The van der Waals surface area contributed by atoms with Crippen molar-refractivity contribution in [3.63, 3.8) is 0 Å². The zero-order valence-electron chi connectivity index (χ0n) is 12.1. The summed E-state index contributed by atoms with van der Waals surface area (Å²) in [5.74, 6) is 1.01. The van der Waals surface area contributed by atoms with Crippen molar-refractivity contribution < 1.29 is 4.39 Å². The summed E-state index contributed by atoms with van der Waals surface area (Å²) in [6, 6.07) is 4.97. The van der Waals surface area contributed by atoms with Crippen LogP contribution in [0.2, 0.25) is 0 Å². The van der Waals surface area contributed by atoms with E-state index in [1.807, 2.05) is 18.4 Å². The quantitative estimate of drug-likeness (QED) is 0.851. The number of nitrogens with two attached hydrogens (primary N) is 1. The highest BCUT2D eigenvalue weighted by molar-refractivity contribution is 5.72. The number of halogens is 1. The van der Waals surface area contributed by atoms with Gasteiger partial charge in [0.1, 0.15) is 23.2 Å². The molecule has 0 aliphatic carbocycles. The summed E-state index contributed by atoms with van der Waals surface area (Å²) in [4.78, 5) is 4.45. The maximum absolute atomic E-state index is 14.0. The van der Waals surface area contributed by atoms with Gasteiger partial charge in [0, 0.05) is 11.1 Å². The molecule has 0 aliphatic heterocycles. The van der Waals surface area contributed by atoms with Crippen LogP contribution in [0.25, 0.3) is 11.3 Å². The van der Waals surface area contributed by atoms with Gasteiger partial charge in [-0.1, -0.05) is 11.6 Å². The molecule has 0 spiro atoms. The van der Waals surface area contributed by atoms with Gasteiger partial charge in [-0.2, -0.15) is 0 Å². The predicted octanol–water partition coefficient (Wildman–Crippen LogP) is 3.64. The lowest BCUT2D eigenvalue weighted by Gasteiger charge is -2.24. The fourth-order valence-corrected chi connectivity index (χ4v) is 2.41. The summed E-state index contributed by atoms with van der Waals surface area (Å²) in [7, 11) is 0. The number of rotatable bonds is 1. The lowest BCUT2D eigenvalue weighted by molar-refractivity contribution is 0.393. The van der Waals surface area contributed by atoms with Crippen LogP contribution in [-0.4, -0.2) is 9.55 Å². The lowest BCUT2D eigenvalue weighted by atomic mass is 10.1. The molecule has 2 rings (SSSR count). The number of nitrogen functional groups attached to an aromatic ring is 1. The summed E-state index contributed by atoms with van der Waals surface area (Å²) in [5.41, 5.74) is 7.96. The second-order valence-corrected chi connectivity index (χ2v) is 5.88. The summed E-state index contributed by atoms with van der Waals surface area (Å²) in [5, 5.41) is 0. The van der Waals surface area contributed by atoms with Crippen molar-refractivity contribution in [3.8, 4) is 11.3 Å². The third-order valence-electron chi connectivity index (χ3n) is 3.13. The van der Waals surface area contributed by atoms with Crippen molar-refractivity contribution in [3.05, 3.63) is 35.4 Å². The smallest absolute Gasteiger partial charge is 0.132 e. The number of hydrogen-bond acceptors (Lipinski definition) is 2. The molecule has 0 unspecified atom stereocenters. The molecule has 102 valence electrons. The van der Waals surface area contributed by atoms with Crippen LogP contribution in [0.4, 0.5) is 10.2 Å². The molecule has 0 saturated carbocycles. The first-order valence-electron chi connectivity index (χ1n) is 6.33. The first kappa shape index (κ1) is 13.6. The second-order valence-electron chi connectivity index (χ2n) is 5.88. The van der Waals surface area contributed by atoms with Gasteiger partial charge in [-0.05, 0) is 46.8 Å². The number of aryl methyl sites for hydroxylation is 2. The topological polar surface area (TPSA) is 43.8 Å². The van der Waals surface area contributed by atoms with E-state index in [-0.39, 0.29) is 11.4 Å². The Morgan fingerprint density at radius 1 is 1.21 bits per heavy atom. The summed E-state index contributed by atoms with van der Waals surface area (Å²) in [6.07, 6.45) is 0. The number of imidazole rings is 1. The molecule has 0 saturated heterocycles. The molecule has 1 aromatic carbocycles. The molecule has 0 fully saturated rings. The van der Waals surface area contributed by atoms with Crippen molar-refractivity contribution >= 4 is 5.82 Å². The number of benzene rings is 1. The predicted molar refractivity (Wildman–Crippen MR) is 76.5 cm³/mol. The Hall–Kier alpha value is -1.84. The minimum absolute atomic E-state index is 0.181. The molecule has 3 nitrogen and oxygen atoms in total. The van der Waals surface area contributed by atoms with E-state index < -0.39 is 0 Å². The van der Waals surface area contributed by atoms with Crippen LogP contribution < -0.4 is 5.73 Å². The average molecular weight is 261 g/mol. The highest BCUT2D eigenvalue weighted by Gasteiger charge is 2.23. The standard InChI is InChI=1S/C15H20FN3/c1-9-6-7-12(16)11(8-9)13-14(17)19(10(2)18-13)15(3,4)5/h6-8H,17H2,1-5H3. The molecule has 2 aromatic rings. The Morgan fingerprint density at radius 3 is 2.37 bits per heavy atom. The van der Waals surface area contributed by atoms with E-state index >= 15 is 0 Å². The van der Waals surface area contributed by atoms with Crippen LogP contribution in [0.5, 0.6) is 0 Å². The molecular weight excluding hydrogens is 241 g/mol. The normalized spacial score (nSPS) is 11.9. The van der Waals surface area contributed by atoms with Crippen molar-refractivity contribution in [2.75, 3.05) is 5.73 Å². The maximum atomic E-state index is 14.0. The van der Waals surface area contributed by atoms with E-state index in [0.29, 0.717) is 17.1 Å². The summed E-state index contributed by atoms with van der Waals surface area (Å²) >= 11 is 0. The van der Waals surface area contributed by atoms with E-state index in [1.54, 1.807) is 12.1 Å². The van der Waals surface area contributed by atoms with E-state index in [1.165, 1.54) is 6.07 Å². The van der Waals surface area contributed by atoms with Gasteiger partial charge in [-0.3, -0.25) is 0 Å². The van der Waals surface area contributed by atoms with Crippen LogP contribution in [0, 0.1) is 19.7 Å². The average Bonchev–Trinajstić information content (AvgIpc) is 2.57. The Labute approximate surface area is 113 Å². The molecule has 2 N–H and O–H groups in total. The highest BCUT2D eigenvalue weighted by Crippen LogP contribution is 2.32. The van der Waals surface area contributed by atoms with E-state index in [9.17, 15) is 4.39 Å². The Morgan fingerprint density at radius 2 is 1.84 bits per heavy atom. The Kier molecular flexibility index (Phi) is 3.12. The fraction of sp³-hybridized carbons (Fsp3) is 0.400. The van der Waals surface area contributed by atoms with Crippen molar-refractivity contribution in [1.29, 1.82) is 0 Å². The first-order chi connectivity index (χ1) is 8.71. The van der Waals surface area contributed by atoms with Gasteiger partial charge in [-0.25, -0.2) is 9.37 Å². The van der Waals surface area contributed by atoms with Crippen LogP contribution in [-0.2, 0) is 5.54 Å².